The van der Waals surface area contributed by atoms with Crippen molar-refractivity contribution in [3.63, 3.8) is 0 Å². The highest BCUT2D eigenvalue weighted by Crippen LogP contribution is 2.34. The van der Waals surface area contributed by atoms with Crippen molar-refractivity contribution in [3.05, 3.63) is 90.0 Å². The molecule has 0 spiro atoms. The number of likely N-dealkylation sites (tertiary alicyclic amines) is 1. The van der Waals surface area contributed by atoms with Gasteiger partial charge in [-0.2, -0.15) is 5.10 Å². The molecule has 0 unspecified atom stereocenters. The normalized spacial score (nSPS) is 17.1. The van der Waals surface area contributed by atoms with Crippen molar-refractivity contribution in [2.24, 2.45) is 0 Å². The number of nitrogens with zero attached hydrogens (tertiary/aromatic N) is 4. The Morgan fingerprint density at radius 1 is 1.21 bits per heavy atom. The molecule has 1 saturated heterocycles. The summed E-state index contributed by atoms with van der Waals surface area (Å²) in [5.41, 5.74) is -0.763. The Morgan fingerprint density at radius 2 is 1.94 bits per heavy atom. The van der Waals surface area contributed by atoms with Crippen molar-refractivity contribution >= 4 is 5.97 Å². The molecule has 2 heterocycles. The van der Waals surface area contributed by atoms with Gasteiger partial charge in [-0.05, 0) is 38.0 Å². The highest BCUT2D eigenvalue weighted by atomic mass is 19.1. The molecule has 4 rings (SSSR count). The number of para-hydroxylation sites is 1. The zero-order chi connectivity index (χ0) is 24.1. The van der Waals surface area contributed by atoms with E-state index in [4.69, 9.17) is 4.74 Å². The van der Waals surface area contributed by atoms with E-state index >= 15 is 0 Å². The summed E-state index contributed by atoms with van der Waals surface area (Å²) < 4.78 is 35.1. The summed E-state index contributed by atoms with van der Waals surface area (Å²) in [6.45, 7) is 2.85. The molecule has 1 fully saturated rings. The number of esters is 1. The minimum absolute atomic E-state index is 0.00956. The lowest BCUT2D eigenvalue weighted by Gasteiger charge is -2.43. The van der Waals surface area contributed by atoms with E-state index < -0.39 is 29.2 Å². The number of aromatic nitrogens is 3. The summed E-state index contributed by atoms with van der Waals surface area (Å²) in [5.74, 6) is -1.49. The van der Waals surface area contributed by atoms with E-state index in [2.05, 4.69) is 10.1 Å². The highest BCUT2D eigenvalue weighted by Gasteiger charge is 2.42. The van der Waals surface area contributed by atoms with E-state index in [1.807, 2.05) is 11.0 Å². The molecule has 0 amide bonds. The number of carbonyl (C=O) groups excluding carboxylic acids is 1. The molecular formula is C25H26F2N4O3. The van der Waals surface area contributed by atoms with Gasteiger partial charge >= 0.3 is 5.97 Å². The second kappa shape index (κ2) is 10.2. The standard InChI is InChI=1S/C25H26F2N4O3/c1-18(25(33,15-31-17-28-16-29-31)22-8-7-20(26)14-23(22)27)30-11-9-19(10-12-30)13-24(32)34-21-5-3-2-4-6-21/h2-8,13-14,16-18,33H,9-12,15H2,1H3/t18-,25-/m1/s1. The smallest absolute Gasteiger partial charge is 0.336 e. The average molecular weight is 469 g/mol. The van der Waals surface area contributed by atoms with E-state index in [9.17, 15) is 18.7 Å². The zero-order valence-electron chi connectivity index (χ0n) is 18.8. The number of hydrogen-bond donors (Lipinski definition) is 1. The number of carbonyl (C=O) groups is 1. The van der Waals surface area contributed by atoms with Crippen LogP contribution in [0.2, 0.25) is 0 Å². The maximum Gasteiger partial charge on any atom is 0.336 e. The first-order valence-electron chi connectivity index (χ1n) is 11.1. The molecule has 9 heteroatoms. The lowest BCUT2D eigenvalue weighted by molar-refractivity contribution is -0.129. The van der Waals surface area contributed by atoms with Crippen molar-refractivity contribution in [1.82, 2.24) is 19.7 Å². The number of hydrogen-bond acceptors (Lipinski definition) is 6. The van der Waals surface area contributed by atoms with Gasteiger partial charge in [-0.3, -0.25) is 4.90 Å². The van der Waals surface area contributed by atoms with Crippen LogP contribution < -0.4 is 4.74 Å². The highest BCUT2D eigenvalue weighted by molar-refractivity contribution is 5.84. The minimum Gasteiger partial charge on any atom is -0.423 e. The quantitative estimate of drug-likeness (QED) is 0.325. The van der Waals surface area contributed by atoms with Gasteiger partial charge in [-0.15, -0.1) is 0 Å². The Hall–Kier alpha value is -3.43. The molecule has 0 bridgehead atoms. The minimum atomic E-state index is -1.70. The van der Waals surface area contributed by atoms with Gasteiger partial charge in [0.25, 0.3) is 0 Å². The van der Waals surface area contributed by atoms with Crippen LogP contribution in [0, 0.1) is 11.6 Å². The third-order valence-electron chi connectivity index (χ3n) is 6.23. The molecule has 1 aliphatic heterocycles. The fourth-order valence-electron chi connectivity index (χ4n) is 4.29. The lowest BCUT2D eigenvalue weighted by atomic mass is 9.84. The molecule has 1 aromatic heterocycles. The maximum absolute atomic E-state index is 14.8. The van der Waals surface area contributed by atoms with Crippen molar-refractivity contribution in [2.75, 3.05) is 13.1 Å². The van der Waals surface area contributed by atoms with Gasteiger partial charge in [-0.25, -0.2) is 23.2 Å². The van der Waals surface area contributed by atoms with Gasteiger partial charge < -0.3 is 9.84 Å². The van der Waals surface area contributed by atoms with Crippen LogP contribution in [-0.2, 0) is 16.9 Å². The number of rotatable bonds is 7. The number of benzene rings is 2. The summed E-state index contributed by atoms with van der Waals surface area (Å²) in [7, 11) is 0. The molecule has 178 valence electrons. The van der Waals surface area contributed by atoms with Crippen molar-refractivity contribution in [3.8, 4) is 5.75 Å². The monoisotopic (exact) mass is 468 g/mol. The van der Waals surface area contributed by atoms with Gasteiger partial charge in [0.15, 0.2) is 0 Å². The Kier molecular flexibility index (Phi) is 7.14. The molecule has 1 N–H and O–H groups in total. The number of aliphatic hydroxyl groups is 1. The zero-order valence-corrected chi connectivity index (χ0v) is 18.8. The van der Waals surface area contributed by atoms with Gasteiger partial charge in [0.1, 0.15) is 35.6 Å². The summed E-state index contributed by atoms with van der Waals surface area (Å²) in [6, 6.07) is 11.5. The topological polar surface area (TPSA) is 80.5 Å². The molecule has 3 aromatic rings. The molecule has 0 aliphatic carbocycles. The Morgan fingerprint density at radius 3 is 2.59 bits per heavy atom. The summed E-state index contributed by atoms with van der Waals surface area (Å²) >= 11 is 0. The van der Waals surface area contributed by atoms with Crippen molar-refractivity contribution in [1.29, 1.82) is 0 Å². The van der Waals surface area contributed by atoms with E-state index in [1.54, 1.807) is 31.2 Å². The third-order valence-corrected chi connectivity index (χ3v) is 6.23. The van der Waals surface area contributed by atoms with Crippen molar-refractivity contribution in [2.45, 2.75) is 38.0 Å². The predicted octanol–water partition coefficient (Wildman–Crippen LogP) is 3.46. The van der Waals surface area contributed by atoms with Crippen LogP contribution in [0.25, 0.3) is 0 Å². The summed E-state index contributed by atoms with van der Waals surface area (Å²) in [5, 5.41) is 15.8. The fourth-order valence-corrected chi connectivity index (χ4v) is 4.29. The molecule has 7 nitrogen and oxygen atoms in total. The maximum atomic E-state index is 14.8. The summed E-state index contributed by atoms with van der Waals surface area (Å²) in [4.78, 5) is 18.2. The number of halogens is 2. The van der Waals surface area contributed by atoms with Crippen LogP contribution >= 0.6 is 0 Å². The third kappa shape index (κ3) is 5.37. The lowest BCUT2D eigenvalue weighted by Crippen LogP contribution is -2.53. The molecular weight excluding hydrogens is 442 g/mol. The second-order valence-electron chi connectivity index (χ2n) is 8.39. The fraction of sp³-hybridized carbons (Fsp3) is 0.320. The van der Waals surface area contributed by atoms with Crippen LogP contribution in [0.15, 0.2) is 72.8 Å². The Balaban J connectivity index is 1.48. The largest absolute Gasteiger partial charge is 0.423 e. The van der Waals surface area contributed by atoms with E-state index in [1.165, 1.54) is 29.5 Å². The van der Waals surface area contributed by atoms with E-state index in [-0.39, 0.29) is 12.1 Å². The molecule has 2 aromatic carbocycles. The van der Waals surface area contributed by atoms with Crippen molar-refractivity contribution < 1.29 is 23.4 Å². The predicted molar refractivity (Wildman–Crippen MR) is 121 cm³/mol. The van der Waals surface area contributed by atoms with Crippen LogP contribution in [0.1, 0.15) is 25.3 Å². The van der Waals surface area contributed by atoms with Gasteiger partial charge in [0.05, 0.1) is 6.54 Å². The Labute approximate surface area is 196 Å². The van der Waals surface area contributed by atoms with Crippen LogP contribution in [0.5, 0.6) is 5.75 Å². The van der Waals surface area contributed by atoms with Crippen LogP contribution in [0.4, 0.5) is 8.78 Å². The molecule has 0 saturated carbocycles. The number of piperidine rings is 1. The van der Waals surface area contributed by atoms with Crippen LogP contribution in [-0.4, -0.2) is 49.9 Å². The first-order chi connectivity index (χ1) is 16.3. The SMILES string of the molecule is C[C@@H](N1CCC(=CC(=O)Oc2ccccc2)CC1)[C@](O)(Cn1cncn1)c1ccc(F)cc1F. The second-order valence-corrected chi connectivity index (χ2v) is 8.39. The summed E-state index contributed by atoms with van der Waals surface area (Å²) in [6.07, 6.45) is 5.47. The average Bonchev–Trinajstić information content (AvgIpc) is 3.32. The first-order valence-corrected chi connectivity index (χ1v) is 11.1. The first kappa shape index (κ1) is 23.7. The van der Waals surface area contributed by atoms with Gasteiger partial charge in [0, 0.05) is 36.8 Å². The van der Waals surface area contributed by atoms with Gasteiger partial charge in [-0.1, -0.05) is 29.8 Å². The Bertz CT molecular complexity index is 1140. The van der Waals surface area contributed by atoms with Crippen LogP contribution in [0.3, 0.4) is 0 Å². The molecule has 0 radical (unpaired) electrons. The van der Waals surface area contributed by atoms with E-state index in [0.717, 1.165) is 17.7 Å². The number of ether oxygens (including phenoxy) is 1. The van der Waals surface area contributed by atoms with Gasteiger partial charge in [0.2, 0.25) is 0 Å². The van der Waals surface area contributed by atoms with E-state index in [0.29, 0.717) is 31.7 Å². The molecule has 1 aliphatic rings. The molecule has 2 atom stereocenters. The molecule has 34 heavy (non-hydrogen) atoms.